The van der Waals surface area contributed by atoms with Crippen molar-refractivity contribution in [2.75, 3.05) is 0 Å². The number of carbonyl (C=O) groups excluding carboxylic acids is 1. The van der Waals surface area contributed by atoms with Crippen molar-refractivity contribution in [1.82, 2.24) is 5.32 Å². The molecule has 0 bridgehead atoms. The summed E-state index contributed by atoms with van der Waals surface area (Å²) in [7, 11) is 0. The van der Waals surface area contributed by atoms with Gasteiger partial charge < -0.3 is 5.32 Å². The van der Waals surface area contributed by atoms with Crippen molar-refractivity contribution in [2.45, 2.75) is 65.0 Å². The van der Waals surface area contributed by atoms with Gasteiger partial charge in [-0.3, -0.25) is 4.79 Å². The highest BCUT2D eigenvalue weighted by atomic mass is 16.1. The summed E-state index contributed by atoms with van der Waals surface area (Å²) >= 11 is 0. The molecule has 1 saturated carbocycles. The molecule has 0 spiro atoms. The summed E-state index contributed by atoms with van der Waals surface area (Å²) in [6, 6.07) is 9.42. The minimum atomic E-state index is 0.411. The van der Waals surface area contributed by atoms with E-state index in [2.05, 4.69) is 56.9 Å². The number of benzene rings is 1. The number of Topliss-reactive ketones (excluding diaryl/α,β-unsaturated/α-hetero) is 1. The first kappa shape index (κ1) is 17.6. The Morgan fingerprint density at radius 1 is 1.05 bits per heavy atom. The quantitative estimate of drug-likeness (QED) is 0.852. The second-order valence-electron chi connectivity index (χ2n) is 6.01. The van der Waals surface area contributed by atoms with Gasteiger partial charge in [0.15, 0.2) is 0 Å². The van der Waals surface area contributed by atoms with E-state index >= 15 is 0 Å². The Morgan fingerprint density at radius 3 is 2.00 bits per heavy atom. The van der Waals surface area contributed by atoms with Crippen molar-refractivity contribution in [3.63, 3.8) is 0 Å². The van der Waals surface area contributed by atoms with E-state index in [4.69, 9.17) is 0 Å². The number of nitrogens with one attached hydrogen (secondary N) is 1. The van der Waals surface area contributed by atoms with Gasteiger partial charge in [0.05, 0.1) is 0 Å². The second kappa shape index (κ2) is 9.51. The lowest BCUT2D eigenvalue weighted by Crippen LogP contribution is -2.25. The molecule has 1 aromatic rings. The molecule has 1 aromatic carbocycles. The summed E-state index contributed by atoms with van der Waals surface area (Å²) < 4.78 is 0. The molecule has 21 heavy (non-hydrogen) atoms. The van der Waals surface area contributed by atoms with Crippen molar-refractivity contribution in [1.29, 1.82) is 0 Å². The number of carbonyl (C=O) groups is 1. The molecular formula is C19H29NO. The zero-order valence-corrected chi connectivity index (χ0v) is 13.7. The standard InChI is InChI=1S/C13H19N.C6H10O/c1-5-12-6-8-13(9-7-12)11(4)14-10(2)3;7-6-4-2-1-3-5-6/h5-11,14H,1H2,2-4H3;1-5H2. The Bertz CT molecular complexity index is 425. The summed E-state index contributed by atoms with van der Waals surface area (Å²) in [5, 5.41) is 3.47. The molecule has 1 atom stereocenters. The largest absolute Gasteiger partial charge is 0.308 e. The predicted octanol–water partition coefficient (Wildman–Crippen LogP) is 4.91. The monoisotopic (exact) mass is 287 g/mol. The van der Waals surface area contributed by atoms with Crippen molar-refractivity contribution in [3.8, 4) is 0 Å². The SMILES string of the molecule is C=Cc1ccc(C(C)NC(C)C)cc1.O=C1CCCCC1. The third kappa shape index (κ3) is 7.24. The number of hydrogen-bond donors (Lipinski definition) is 1. The molecule has 1 N–H and O–H groups in total. The molecule has 0 aliphatic heterocycles. The average Bonchev–Trinajstić information content (AvgIpc) is 2.48. The van der Waals surface area contributed by atoms with Crippen LogP contribution in [0.1, 0.15) is 70.0 Å². The number of hydrogen-bond acceptors (Lipinski definition) is 2. The maximum absolute atomic E-state index is 10.5. The van der Waals surface area contributed by atoms with Gasteiger partial charge in [0, 0.05) is 24.9 Å². The molecule has 1 fully saturated rings. The topological polar surface area (TPSA) is 29.1 Å². The number of rotatable bonds is 4. The van der Waals surface area contributed by atoms with Gasteiger partial charge in [-0.05, 0) is 30.9 Å². The van der Waals surface area contributed by atoms with Crippen LogP contribution in [0.15, 0.2) is 30.8 Å². The van der Waals surface area contributed by atoms with E-state index in [1.165, 1.54) is 17.5 Å². The first-order chi connectivity index (χ1) is 10.0. The van der Waals surface area contributed by atoms with Crippen LogP contribution in [0.3, 0.4) is 0 Å². The summed E-state index contributed by atoms with van der Waals surface area (Å²) in [4.78, 5) is 10.5. The van der Waals surface area contributed by atoms with E-state index in [0.717, 1.165) is 25.7 Å². The Morgan fingerprint density at radius 2 is 1.62 bits per heavy atom. The molecular weight excluding hydrogens is 258 g/mol. The summed E-state index contributed by atoms with van der Waals surface area (Å²) in [5.41, 5.74) is 2.50. The third-order valence-corrected chi connectivity index (χ3v) is 3.67. The van der Waals surface area contributed by atoms with Gasteiger partial charge in [-0.15, -0.1) is 0 Å². The average molecular weight is 287 g/mol. The highest BCUT2D eigenvalue weighted by Gasteiger charge is 2.06. The highest BCUT2D eigenvalue weighted by Crippen LogP contribution is 2.14. The number of ketones is 1. The molecule has 0 amide bonds. The molecule has 2 nitrogen and oxygen atoms in total. The minimum Gasteiger partial charge on any atom is -0.308 e. The zero-order valence-electron chi connectivity index (χ0n) is 13.7. The smallest absolute Gasteiger partial charge is 0.132 e. The van der Waals surface area contributed by atoms with E-state index in [0.29, 0.717) is 17.9 Å². The minimum absolute atomic E-state index is 0.411. The van der Waals surface area contributed by atoms with Gasteiger partial charge in [0.1, 0.15) is 5.78 Å². The molecule has 2 heteroatoms. The van der Waals surface area contributed by atoms with Crippen molar-refractivity contribution in [2.24, 2.45) is 0 Å². The maximum atomic E-state index is 10.5. The lowest BCUT2D eigenvalue weighted by molar-refractivity contribution is -0.120. The predicted molar refractivity (Wildman–Crippen MR) is 91.3 cm³/mol. The molecule has 0 heterocycles. The van der Waals surface area contributed by atoms with Crippen LogP contribution in [0.25, 0.3) is 6.08 Å². The van der Waals surface area contributed by atoms with Gasteiger partial charge in [-0.2, -0.15) is 0 Å². The molecule has 2 rings (SSSR count). The Balaban J connectivity index is 0.000000262. The molecule has 0 saturated heterocycles. The van der Waals surface area contributed by atoms with Crippen LogP contribution in [0.4, 0.5) is 0 Å². The van der Waals surface area contributed by atoms with E-state index in [1.54, 1.807) is 0 Å². The molecule has 1 aliphatic carbocycles. The highest BCUT2D eigenvalue weighted by molar-refractivity contribution is 5.78. The van der Waals surface area contributed by atoms with Crippen LogP contribution in [-0.2, 0) is 4.79 Å². The summed E-state index contributed by atoms with van der Waals surface area (Å²) in [6.07, 6.45) is 7.10. The van der Waals surface area contributed by atoms with Gasteiger partial charge >= 0.3 is 0 Å². The van der Waals surface area contributed by atoms with Crippen LogP contribution in [0.2, 0.25) is 0 Å². The lowest BCUT2D eigenvalue weighted by Gasteiger charge is -2.17. The van der Waals surface area contributed by atoms with E-state index in [1.807, 2.05) is 6.08 Å². The van der Waals surface area contributed by atoms with Crippen LogP contribution < -0.4 is 5.32 Å². The zero-order chi connectivity index (χ0) is 15.7. The van der Waals surface area contributed by atoms with Gasteiger partial charge in [-0.25, -0.2) is 0 Å². The fourth-order valence-corrected chi connectivity index (χ4v) is 2.46. The van der Waals surface area contributed by atoms with Crippen molar-refractivity contribution >= 4 is 11.9 Å². The normalized spacial score (nSPS) is 16.1. The summed E-state index contributed by atoms with van der Waals surface area (Å²) in [6.45, 7) is 10.2. The summed E-state index contributed by atoms with van der Waals surface area (Å²) in [5.74, 6) is 0.464. The van der Waals surface area contributed by atoms with Crippen molar-refractivity contribution in [3.05, 3.63) is 42.0 Å². The van der Waals surface area contributed by atoms with Crippen LogP contribution in [0, 0.1) is 0 Å². The third-order valence-electron chi connectivity index (χ3n) is 3.67. The van der Waals surface area contributed by atoms with E-state index in [-0.39, 0.29) is 0 Å². The maximum Gasteiger partial charge on any atom is 0.132 e. The molecule has 1 aliphatic rings. The molecule has 116 valence electrons. The van der Waals surface area contributed by atoms with Crippen molar-refractivity contribution < 1.29 is 4.79 Å². The Labute approximate surface area is 129 Å². The Kier molecular flexibility index (Phi) is 7.99. The van der Waals surface area contributed by atoms with Gasteiger partial charge in [-0.1, -0.05) is 57.2 Å². The van der Waals surface area contributed by atoms with E-state index < -0.39 is 0 Å². The molecule has 0 radical (unpaired) electrons. The first-order valence-corrected chi connectivity index (χ1v) is 8.03. The molecule has 1 unspecified atom stereocenters. The Hall–Kier alpha value is -1.41. The fraction of sp³-hybridized carbons (Fsp3) is 0.526. The van der Waals surface area contributed by atoms with Gasteiger partial charge in [0.2, 0.25) is 0 Å². The van der Waals surface area contributed by atoms with E-state index in [9.17, 15) is 4.79 Å². The van der Waals surface area contributed by atoms with Crippen LogP contribution >= 0.6 is 0 Å². The second-order valence-corrected chi connectivity index (χ2v) is 6.01. The first-order valence-electron chi connectivity index (χ1n) is 8.03. The fourth-order valence-electron chi connectivity index (χ4n) is 2.46. The lowest BCUT2D eigenvalue weighted by atomic mass is 10.00. The van der Waals surface area contributed by atoms with Gasteiger partial charge in [0.25, 0.3) is 0 Å². The molecule has 0 aromatic heterocycles. The van der Waals surface area contributed by atoms with Crippen LogP contribution in [0.5, 0.6) is 0 Å². The van der Waals surface area contributed by atoms with Crippen LogP contribution in [-0.4, -0.2) is 11.8 Å².